The van der Waals surface area contributed by atoms with E-state index in [9.17, 15) is 14.4 Å². The number of amides is 3. The summed E-state index contributed by atoms with van der Waals surface area (Å²) in [6.07, 6.45) is 6.29. The zero-order valence-electron chi connectivity index (χ0n) is 12.5. The van der Waals surface area contributed by atoms with E-state index in [0.29, 0.717) is 18.5 Å². The molecule has 1 aromatic rings. The lowest BCUT2D eigenvalue weighted by molar-refractivity contribution is -0.123. The van der Waals surface area contributed by atoms with Crippen LogP contribution in [0.5, 0.6) is 0 Å². The Balaban J connectivity index is 1.53. The molecule has 1 saturated heterocycles. The Labute approximate surface area is 133 Å². The van der Waals surface area contributed by atoms with E-state index in [2.05, 4.69) is 17.5 Å². The summed E-state index contributed by atoms with van der Waals surface area (Å²) in [6.45, 7) is 0. The molecule has 5 nitrogen and oxygen atoms in total. The standard InChI is InChI=1S/C18H16N2O3/c21-14-6-4-9-3-5-12(8-13(9)19-14)20-17(22)15-10-1-2-11(7-10)16(15)18(20)23/h1-3,5,8,10-11,15-16H,4,6-7H2,(H,19,21)/t10-,11+,15-,16?/m0/s1. The van der Waals surface area contributed by atoms with E-state index in [1.54, 1.807) is 6.07 Å². The molecule has 4 atom stereocenters. The van der Waals surface area contributed by atoms with Crippen LogP contribution in [0.2, 0.25) is 0 Å². The van der Waals surface area contributed by atoms with Gasteiger partial charge in [-0.2, -0.15) is 0 Å². The average Bonchev–Trinajstić information content (AvgIpc) is 3.21. The van der Waals surface area contributed by atoms with E-state index >= 15 is 0 Å². The molecular formula is C18H16N2O3. The zero-order chi connectivity index (χ0) is 15.7. The van der Waals surface area contributed by atoms with Gasteiger partial charge < -0.3 is 5.32 Å². The molecule has 1 aromatic carbocycles. The summed E-state index contributed by atoms with van der Waals surface area (Å²) in [5, 5.41) is 2.83. The lowest BCUT2D eigenvalue weighted by atomic mass is 9.85. The van der Waals surface area contributed by atoms with Crippen LogP contribution in [0.4, 0.5) is 11.4 Å². The fourth-order valence-corrected chi connectivity index (χ4v) is 4.66. The first kappa shape index (κ1) is 13.0. The number of fused-ring (bicyclic) bond motifs is 6. The highest BCUT2D eigenvalue weighted by atomic mass is 16.2. The molecule has 1 saturated carbocycles. The fourth-order valence-electron chi connectivity index (χ4n) is 4.66. The second kappa shape index (κ2) is 4.31. The molecule has 2 aliphatic heterocycles. The van der Waals surface area contributed by atoms with Gasteiger partial charge in [-0.05, 0) is 42.4 Å². The van der Waals surface area contributed by atoms with E-state index in [-0.39, 0.29) is 41.4 Å². The molecule has 4 aliphatic rings. The molecule has 0 aromatic heterocycles. The Kier molecular flexibility index (Phi) is 2.45. The number of hydrogen-bond acceptors (Lipinski definition) is 3. The number of imide groups is 1. The Morgan fingerprint density at radius 3 is 2.35 bits per heavy atom. The van der Waals surface area contributed by atoms with Gasteiger partial charge in [0.25, 0.3) is 0 Å². The van der Waals surface area contributed by atoms with Crippen LogP contribution >= 0.6 is 0 Å². The average molecular weight is 308 g/mol. The van der Waals surface area contributed by atoms with E-state index in [1.165, 1.54) is 4.90 Å². The first-order valence-corrected chi connectivity index (χ1v) is 8.12. The summed E-state index contributed by atoms with van der Waals surface area (Å²) in [6, 6.07) is 5.49. The Morgan fingerprint density at radius 2 is 1.65 bits per heavy atom. The van der Waals surface area contributed by atoms with Crippen molar-refractivity contribution in [3.05, 3.63) is 35.9 Å². The number of hydrogen-bond donors (Lipinski definition) is 1. The van der Waals surface area contributed by atoms with Gasteiger partial charge in [0.1, 0.15) is 0 Å². The number of benzene rings is 1. The summed E-state index contributed by atoms with van der Waals surface area (Å²) in [5.41, 5.74) is 2.35. The molecule has 2 bridgehead atoms. The third-order valence-corrected chi connectivity index (χ3v) is 5.72. The molecule has 5 heteroatoms. The maximum Gasteiger partial charge on any atom is 0.238 e. The Bertz CT molecular complexity index is 767. The van der Waals surface area contributed by atoms with E-state index < -0.39 is 0 Å². The van der Waals surface area contributed by atoms with E-state index in [4.69, 9.17) is 0 Å². The van der Waals surface area contributed by atoms with Gasteiger partial charge >= 0.3 is 0 Å². The number of nitrogens with zero attached hydrogens (tertiary/aromatic N) is 1. The predicted octanol–water partition coefficient (Wildman–Crippen LogP) is 1.88. The Morgan fingerprint density at radius 1 is 0.957 bits per heavy atom. The van der Waals surface area contributed by atoms with Gasteiger partial charge in [-0.25, -0.2) is 4.90 Å². The van der Waals surface area contributed by atoms with Crippen LogP contribution in [0.25, 0.3) is 0 Å². The summed E-state index contributed by atoms with van der Waals surface area (Å²) in [5.74, 6) is -0.149. The number of allylic oxidation sites excluding steroid dienone is 2. The molecule has 2 aliphatic carbocycles. The second-order valence-corrected chi connectivity index (χ2v) is 6.90. The van der Waals surface area contributed by atoms with Gasteiger partial charge in [-0.1, -0.05) is 18.2 Å². The van der Waals surface area contributed by atoms with Crippen molar-refractivity contribution in [1.29, 1.82) is 0 Å². The van der Waals surface area contributed by atoms with Gasteiger partial charge in [0.15, 0.2) is 0 Å². The highest BCUT2D eigenvalue weighted by molar-refractivity contribution is 6.23. The highest BCUT2D eigenvalue weighted by Gasteiger charge is 2.59. The van der Waals surface area contributed by atoms with Crippen molar-refractivity contribution < 1.29 is 14.4 Å². The first-order chi connectivity index (χ1) is 11.1. The van der Waals surface area contributed by atoms with Crippen LogP contribution in [0.3, 0.4) is 0 Å². The lowest BCUT2D eigenvalue weighted by Crippen LogP contribution is -2.33. The molecule has 2 fully saturated rings. The van der Waals surface area contributed by atoms with Crippen LogP contribution in [0.15, 0.2) is 30.4 Å². The Hall–Kier alpha value is -2.43. The summed E-state index contributed by atoms with van der Waals surface area (Å²) < 4.78 is 0. The van der Waals surface area contributed by atoms with Crippen molar-refractivity contribution in [3.63, 3.8) is 0 Å². The molecule has 116 valence electrons. The van der Waals surface area contributed by atoms with Gasteiger partial charge in [0.2, 0.25) is 17.7 Å². The molecule has 3 amide bonds. The quantitative estimate of drug-likeness (QED) is 0.636. The fraction of sp³-hybridized carbons (Fsp3) is 0.389. The third kappa shape index (κ3) is 1.65. The number of anilines is 2. The van der Waals surface area contributed by atoms with Crippen molar-refractivity contribution in [2.24, 2.45) is 23.7 Å². The van der Waals surface area contributed by atoms with Crippen LogP contribution in [-0.4, -0.2) is 17.7 Å². The molecule has 5 rings (SSSR count). The second-order valence-electron chi connectivity index (χ2n) is 6.90. The number of carbonyl (C=O) groups excluding carboxylic acids is 3. The number of aryl methyl sites for hydroxylation is 1. The van der Waals surface area contributed by atoms with Gasteiger partial charge in [-0.3, -0.25) is 14.4 Å². The van der Waals surface area contributed by atoms with Crippen molar-refractivity contribution in [3.8, 4) is 0 Å². The topological polar surface area (TPSA) is 66.5 Å². The molecule has 23 heavy (non-hydrogen) atoms. The lowest BCUT2D eigenvalue weighted by Gasteiger charge is -2.21. The van der Waals surface area contributed by atoms with Gasteiger partial charge in [-0.15, -0.1) is 0 Å². The summed E-state index contributed by atoms with van der Waals surface area (Å²) in [4.78, 5) is 38.5. The van der Waals surface area contributed by atoms with E-state index in [0.717, 1.165) is 17.7 Å². The molecular weight excluding hydrogens is 292 g/mol. The maximum absolute atomic E-state index is 12.8. The smallest absolute Gasteiger partial charge is 0.238 e. The molecule has 0 spiro atoms. The largest absolute Gasteiger partial charge is 0.326 e. The van der Waals surface area contributed by atoms with Crippen molar-refractivity contribution in [2.45, 2.75) is 19.3 Å². The van der Waals surface area contributed by atoms with Gasteiger partial charge in [0.05, 0.1) is 17.5 Å². The summed E-state index contributed by atoms with van der Waals surface area (Å²) >= 11 is 0. The predicted molar refractivity (Wildman–Crippen MR) is 83.6 cm³/mol. The minimum Gasteiger partial charge on any atom is -0.326 e. The zero-order valence-corrected chi connectivity index (χ0v) is 12.5. The van der Waals surface area contributed by atoms with Crippen LogP contribution in [0.1, 0.15) is 18.4 Å². The molecule has 0 radical (unpaired) electrons. The third-order valence-electron chi connectivity index (χ3n) is 5.72. The van der Waals surface area contributed by atoms with E-state index in [1.807, 2.05) is 12.1 Å². The van der Waals surface area contributed by atoms with Crippen molar-refractivity contribution >= 4 is 29.1 Å². The molecule has 1 unspecified atom stereocenters. The normalized spacial score (nSPS) is 33.9. The SMILES string of the molecule is O=C1CCc2ccc(N3C(=O)C4[C@@H]5C=C[C@@H](C5)[C@@H]4C3=O)cc2N1. The number of carbonyl (C=O) groups is 3. The van der Waals surface area contributed by atoms with Crippen LogP contribution < -0.4 is 10.2 Å². The van der Waals surface area contributed by atoms with Crippen molar-refractivity contribution in [1.82, 2.24) is 0 Å². The summed E-state index contributed by atoms with van der Waals surface area (Å²) in [7, 11) is 0. The maximum atomic E-state index is 12.8. The minimum atomic E-state index is -0.192. The number of nitrogens with one attached hydrogen (secondary N) is 1. The highest BCUT2D eigenvalue weighted by Crippen LogP contribution is 2.53. The monoisotopic (exact) mass is 308 g/mol. The van der Waals surface area contributed by atoms with Crippen LogP contribution in [0, 0.1) is 23.7 Å². The molecule has 1 N–H and O–H groups in total. The van der Waals surface area contributed by atoms with Gasteiger partial charge in [0, 0.05) is 12.1 Å². The first-order valence-electron chi connectivity index (χ1n) is 8.12. The molecule has 2 heterocycles. The number of rotatable bonds is 1. The minimum absolute atomic E-state index is 0.0205. The van der Waals surface area contributed by atoms with Crippen LogP contribution in [-0.2, 0) is 20.8 Å². The van der Waals surface area contributed by atoms with Crippen molar-refractivity contribution in [2.75, 3.05) is 10.2 Å².